The molecule has 0 aromatic heterocycles. The summed E-state index contributed by atoms with van der Waals surface area (Å²) in [5.74, 6) is 0.191. The second-order valence-electron chi connectivity index (χ2n) is 5.09. The van der Waals surface area contributed by atoms with Crippen LogP contribution in [0.3, 0.4) is 0 Å². The Labute approximate surface area is 119 Å². The van der Waals surface area contributed by atoms with Crippen molar-refractivity contribution in [3.05, 3.63) is 71.3 Å². The van der Waals surface area contributed by atoms with Crippen molar-refractivity contribution in [1.82, 2.24) is 4.31 Å². The van der Waals surface area contributed by atoms with Gasteiger partial charge in [-0.2, -0.15) is 4.31 Å². The summed E-state index contributed by atoms with van der Waals surface area (Å²) in [5.41, 5.74) is 3.28. The lowest BCUT2D eigenvalue weighted by Gasteiger charge is -2.20. The molecule has 0 N–H and O–H groups in total. The van der Waals surface area contributed by atoms with E-state index in [9.17, 15) is 8.42 Å². The van der Waals surface area contributed by atoms with Crippen LogP contribution in [0.5, 0.6) is 0 Å². The average Bonchev–Trinajstić information content (AvgIpc) is 2.58. The molecule has 0 bridgehead atoms. The van der Waals surface area contributed by atoms with Gasteiger partial charge in [-0.05, 0) is 23.1 Å². The fraction of sp³-hybridized carbons (Fsp3) is 0.250. The van der Waals surface area contributed by atoms with Gasteiger partial charge in [0.2, 0.25) is 10.0 Å². The zero-order chi connectivity index (χ0) is 14.0. The van der Waals surface area contributed by atoms with E-state index in [-0.39, 0.29) is 5.75 Å². The van der Waals surface area contributed by atoms with Gasteiger partial charge in [0.25, 0.3) is 0 Å². The van der Waals surface area contributed by atoms with Crippen LogP contribution in [0.25, 0.3) is 0 Å². The number of hydrogen-bond donors (Lipinski definition) is 0. The zero-order valence-electron chi connectivity index (χ0n) is 11.2. The summed E-state index contributed by atoms with van der Waals surface area (Å²) in [7, 11) is -3.19. The van der Waals surface area contributed by atoms with Crippen LogP contribution in [0.2, 0.25) is 0 Å². The molecule has 3 nitrogen and oxygen atoms in total. The van der Waals surface area contributed by atoms with Crippen molar-refractivity contribution >= 4 is 10.0 Å². The van der Waals surface area contributed by atoms with Crippen molar-refractivity contribution in [2.45, 2.75) is 19.5 Å². The lowest BCUT2D eigenvalue weighted by atomic mass is 10.1. The summed E-state index contributed by atoms with van der Waals surface area (Å²) in [4.78, 5) is 0. The van der Waals surface area contributed by atoms with E-state index in [4.69, 9.17) is 0 Å². The van der Waals surface area contributed by atoms with Gasteiger partial charge < -0.3 is 0 Å². The molecule has 1 aliphatic heterocycles. The van der Waals surface area contributed by atoms with Crippen molar-refractivity contribution in [1.29, 1.82) is 0 Å². The summed E-state index contributed by atoms with van der Waals surface area (Å²) in [6.07, 6.45) is 0.601. The fourth-order valence-corrected chi connectivity index (χ4v) is 3.97. The molecule has 0 atom stereocenters. The molecule has 0 fully saturated rings. The second kappa shape index (κ2) is 5.38. The highest BCUT2D eigenvalue weighted by atomic mass is 32.2. The van der Waals surface area contributed by atoms with Gasteiger partial charge in [-0.25, -0.2) is 8.42 Å². The Balaban J connectivity index is 1.92. The van der Waals surface area contributed by atoms with E-state index in [0.717, 1.165) is 16.7 Å². The number of aryl methyl sites for hydroxylation is 1. The van der Waals surface area contributed by atoms with Gasteiger partial charge in [0.1, 0.15) is 0 Å². The van der Waals surface area contributed by atoms with Crippen molar-refractivity contribution in [3.8, 4) is 0 Å². The molecule has 0 unspecified atom stereocenters. The first kappa shape index (κ1) is 13.3. The first-order valence-corrected chi connectivity index (χ1v) is 8.34. The minimum Gasteiger partial charge on any atom is -0.212 e. The van der Waals surface area contributed by atoms with Crippen molar-refractivity contribution in [2.75, 3.05) is 5.75 Å². The third kappa shape index (κ3) is 2.76. The van der Waals surface area contributed by atoms with Crippen molar-refractivity contribution in [3.63, 3.8) is 0 Å². The van der Waals surface area contributed by atoms with Crippen molar-refractivity contribution < 1.29 is 8.42 Å². The number of hydrogen-bond acceptors (Lipinski definition) is 2. The van der Waals surface area contributed by atoms with Gasteiger partial charge in [0, 0.05) is 13.1 Å². The minimum absolute atomic E-state index is 0.191. The number of rotatable bonds is 2. The quantitative estimate of drug-likeness (QED) is 0.851. The van der Waals surface area contributed by atoms with Crippen LogP contribution in [0.4, 0.5) is 0 Å². The highest BCUT2D eigenvalue weighted by Crippen LogP contribution is 2.22. The van der Waals surface area contributed by atoms with Crippen LogP contribution in [0.1, 0.15) is 16.7 Å². The standard InChI is InChI=1S/C16H17NO2S/c18-20(19)11-10-15-8-4-5-9-16(15)13-17(20)12-14-6-2-1-3-7-14/h1-9H,10-13H2. The third-order valence-corrected chi connectivity index (χ3v) is 5.45. The molecule has 3 rings (SSSR count). The highest BCUT2D eigenvalue weighted by molar-refractivity contribution is 7.89. The molecular weight excluding hydrogens is 270 g/mol. The lowest BCUT2D eigenvalue weighted by Crippen LogP contribution is -2.30. The normalized spacial score (nSPS) is 18.2. The number of fused-ring (bicyclic) bond motifs is 1. The topological polar surface area (TPSA) is 37.4 Å². The monoisotopic (exact) mass is 287 g/mol. The zero-order valence-corrected chi connectivity index (χ0v) is 12.0. The summed E-state index contributed by atoms with van der Waals surface area (Å²) in [6.45, 7) is 0.908. The van der Waals surface area contributed by atoms with Gasteiger partial charge in [0.15, 0.2) is 0 Å². The molecular formula is C16H17NO2S. The van der Waals surface area contributed by atoms with Crippen molar-refractivity contribution in [2.24, 2.45) is 0 Å². The maximum atomic E-state index is 12.4. The molecule has 0 radical (unpaired) electrons. The molecule has 1 heterocycles. The molecule has 104 valence electrons. The molecule has 2 aromatic rings. The SMILES string of the molecule is O=S1(=O)CCc2ccccc2CN1Cc1ccccc1. The Morgan fingerprint density at radius 1 is 0.900 bits per heavy atom. The van der Waals surface area contributed by atoms with Gasteiger partial charge in [0.05, 0.1) is 5.75 Å². The van der Waals surface area contributed by atoms with Crippen LogP contribution < -0.4 is 0 Å². The van der Waals surface area contributed by atoms with Gasteiger partial charge in [-0.3, -0.25) is 0 Å². The highest BCUT2D eigenvalue weighted by Gasteiger charge is 2.26. The van der Waals surface area contributed by atoms with E-state index in [1.807, 2.05) is 54.6 Å². The molecule has 0 saturated heterocycles. The Kier molecular flexibility index (Phi) is 3.59. The molecule has 4 heteroatoms. The maximum absolute atomic E-state index is 12.4. The van der Waals surface area contributed by atoms with E-state index in [1.54, 1.807) is 4.31 Å². The first-order valence-electron chi connectivity index (χ1n) is 6.74. The summed E-state index contributed by atoms with van der Waals surface area (Å²) in [6, 6.07) is 17.7. The van der Waals surface area contributed by atoms with Crippen LogP contribution in [-0.4, -0.2) is 18.5 Å². The average molecular weight is 287 g/mol. The van der Waals surface area contributed by atoms with E-state index in [0.29, 0.717) is 19.5 Å². The number of benzene rings is 2. The van der Waals surface area contributed by atoms with E-state index in [2.05, 4.69) is 0 Å². The van der Waals surface area contributed by atoms with E-state index < -0.39 is 10.0 Å². The molecule has 0 saturated carbocycles. The molecule has 0 amide bonds. The molecule has 0 spiro atoms. The Bertz CT molecular complexity index is 695. The first-order chi connectivity index (χ1) is 9.65. The number of sulfonamides is 1. The summed E-state index contributed by atoms with van der Waals surface area (Å²) >= 11 is 0. The fourth-order valence-electron chi connectivity index (χ4n) is 2.55. The van der Waals surface area contributed by atoms with Gasteiger partial charge in [-0.15, -0.1) is 0 Å². The Morgan fingerprint density at radius 2 is 1.55 bits per heavy atom. The van der Waals surface area contributed by atoms with Gasteiger partial charge in [-0.1, -0.05) is 54.6 Å². The minimum atomic E-state index is -3.19. The molecule has 20 heavy (non-hydrogen) atoms. The molecule has 0 aliphatic carbocycles. The second-order valence-corrected chi connectivity index (χ2v) is 7.18. The maximum Gasteiger partial charge on any atom is 0.215 e. The smallest absolute Gasteiger partial charge is 0.212 e. The molecule has 2 aromatic carbocycles. The lowest BCUT2D eigenvalue weighted by molar-refractivity contribution is 0.404. The van der Waals surface area contributed by atoms with Crippen LogP contribution >= 0.6 is 0 Å². The Hall–Kier alpha value is -1.65. The van der Waals surface area contributed by atoms with Crippen LogP contribution in [-0.2, 0) is 29.5 Å². The van der Waals surface area contributed by atoms with E-state index >= 15 is 0 Å². The molecule has 1 aliphatic rings. The van der Waals surface area contributed by atoms with Gasteiger partial charge >= 0.3 is 0 Å². The predicted octanol–water partition coefficient (Wildman–Crippen LogP) is 2.57. The largest absolute Gasteiger partial charge is 0.215 e. The third-order valence-electron chi connectivity index (χ3n) is 3.69. The predicted molar refractivity (Wildman–Crippen MR) is 79.6 cm³/mol. The van der Waals surface area contributed by atoms with Crippen LogP contribution in [0.15, 0.2) is 54.6 Å². The summed E-state index contributed by atoms with van der Waals surface area (Å²) in [5, 5.41) is 0. The van der Waals surface area contributed by atoms with Crippen LogP contribution in [0, 0.1) is 0 Å². The van der Waals surface area contributed by atoms with E-state index in [1.165, 1.54) is 0 Å². The summed E-state index contributed by atoms with van der Waals surface area (Å²) < 4.78 is 26.4. The number of nitrogens with zero attached hydrogens (tertiary/aromatic N) is 1. The Morgan fingerprint density at radius 3 is 2.30 bits per heavy atom.